The molecule has 6 nitrogen and oxygen atoms in total. The van der Waals surface area contributed by atoms with Gasteiger partial charge in [-0.05, 0) is 60.7 Å². The topological polar surface area (TPSA) is 75.2 Å². The molecule has 0 saturated heterocycles. The van der Waals surface area contributed by atoms with Crippen LogP contribution >= 0.6 is 30.8 Å². The van der Waals surface area contributed by atoms with Crippen LogP contribution in [0.1, 0.15) is 10.5 Å². The minimum Gasteiger partial charge on any atom is -0.347 e. The fourth-order valence-electron chi connectivity index (χ4n) is 2.39. The van der Waals surface area contributed by atoms with Crippen LogP contribution in [0.4, 0.5) is 11.4 Å². The Balaban J connectivity index is 1.88. The van der Waals surface area contributed by atoms with Crippen molar-refractivity contribution in [1.82, 2.24) is 9.65 Å². The summed E-state index contributed by atoms with van der Waals surface area (Å²) in [5.41, 5.74) is 1.46. The number of nitrogens with one attached hydrogen (secondary N) is 3. The molecular formula is C18H17Cl2N4O2P. The van der Waals surface area contributed by atoms with Gasteiger partial charge in [0.1, 0.15) is 5.69 Å². The Morgan fingerprint density at radius 3 is 1.78 bits per heavy atom. The van der Waals surface area contributed by atoms with E-state index in [1.807, 2.05) is 0 Å². The molecule has 140 valence electrons. The number of carbonyl (C=O) groups excluding carboxylic acids is 1. The molecule has 9 heteroatoms. The second kappa shape index (κ2) is 8.09. The lowest BCUT2D eigenvalue weighted by Gasteiger charge is -2.23. The van der Waals surface area contributed by atoms with Gasteiger partial charge in [0.15, 0.2) is 0 Å². The number of rotatable bonds is 6. The first-order chi connectivity index (χ1) is 12.8. The van der Waals surface area contributed by atoms with Crippen molar-refractivity contribution in [1.29, 1.82) is 0 Å². The number of hydrogen-bond donors (Lipinski definition) is 3. The third kappa shape index (κ3) is 5.07. The molecule has 1 aromatic heterocycles. The summed E-state index contributed by atoms with van der Waals surface area (Å²) < 4.78 is 15.2. The van der Waals surface area contributed by atoms with E-state index in [4.69, 9.17) is 23.2 Å². The summed E-state index contributed by atoms with van der Waals surface area (Å²) in [4.78, 5) is 12.6. The average molecular weight is 423 g/mol. The lowest BCUT2D eigenvalue weighted by atomic mass is 10.3. The lowest BCUT2D eigenvalue weighted by Crippen LogP contribution is -2.29. The van der Waals surface area contributed by atoms with Crippen molar-refractivity contribution >= 4 is 48.1 Å². The maximum atomic E-state index is 13.5. The summed E-state index contributed by atoms with van der Waals surface area (Å²) in [6.07, 6.45) is 1.74. The van der Waals surface area contributed by atoms with Crippen LogP contribution < -0.4 is 15.3 Å². The maximum absolute atomic E-state index is 13.5. The van der Waals surface area contributed by atoms with Gasteiger partial charge >= 0.3 is 7.59 Å². The molecule has 27 heavy (non-hydrogen) atoms. The number of anilines is 2. The largest absolute Gasteiger partial charge is 0.355 e. The number of benzene rings is 2. The molecule has 0 unspecified atom stereocenters. The highest BCUT2D eigenvalue weighted by molar-refractivity contribution is 7.65. The van der Waals surface area contributed by atoms with E-state index in [1.54, 1.807) is 78.5 Å². The van der Waals surface area contributed by atoms with E-state index in [2.05, 4.69) is 15.3 Å². The molecule has 3 aromatic rings. The van der Waals surface area contributed by atoms with Gasteiger partial charge in [-0.1, -0.05) is 23.2 Å². The van der Waals surface area contributed by atoms with E-state index in [0.717, 1.165) is 0 Å². The zero-order valence-corrected chi connectivity index (χ0v) is 16.7. The highest BCUT2D eigenvalue weighted by Crippen LogP contribution is 2.42. The fraction of sp³-hybridized carbons (Fsp3) is 0.0556. The number of amides is 1. The molecule has 0 saturated carbocycles. The molecule has 0 fully saturated rings. The van der Waals surface area contributed by atoms with Gasteiger partial charge in [-0.25, -0.2) is 0 Å². The van der Waals surface area contributed by atoms with Gasteiger partial charge in [-0.2, -0.15) is 0 Å². The number of carbonyl (C=O) groups is 1. The summed E-state index contributed by atoms with van der Waals surface area (Å²) in [5, 5.41) is 9.41. The molecule has 0 radical (unpaired) electrons. The van der Waals surface area contributed by atoms with Gasteiger partial charge in [-0.15, -0.1) is 0 Å². The zero-order valence-electron chi connectivity index (χ0n) is 14.3. The Hall–Kier alpha value is -2.40. The van der Waals surface area contributed by atoms with Crippen molar-refractivity contribution in [2.45, 2.75) is 0 Å². The van der Waals surface area contributed by atoms with Crippen LogP contribution in [0, 0.1) is 0 Å². The van der Waals surface area contributed by atoms with Gasteiger partial charge in [-0.3, -0.25) is 14.4 Å². The number of aryl methyl sites for hydroxylation is 1. The van der Waals surface area contributed by atoms with Gasteiger partial charge < -0.3 is 14.7 Å². The smallest absolute Gasteiger partial charge is 0.347 e. The lowest BCUT2D eigenvalue weighted by molar-refractivity contribution is 0.0973. The third-order valence-electron chi connectivity index (χ3n) is 3.70. The van der Waals surface area contributed by atoms with Crippen molar-refractivity contribution < 1.29 is 9.36 Å². The predicted molar refractivity (Wildman–Crippen MR) is 111 cm³/mol. The van der Waals surface area contributed by atoms with Gasteiger partial charge in [0.05, 0.1) is 0 Å². The standard InChI is InChI=1S/C18H17Cl2N4O2P/c1-24-12-2-3-17(24)18(25)23-27(26,21-15-8-4-13(19)5-9-15)22-16-10-6-14(20)7-11-16/h2-12H,1H3,(H3,21,22,23,25,26). The van der Waals surface area contributed by atoms with Crippen LogP contribution in [0.15, 0.2) is 66.9 Å². The van der Waals surface area contributed by atoms with Crippen LogP contribution in [-0.4, -0.2) is 10.5 Å². The van der Waals surface area contributed by atoms with Gasteiger partial charge in [0, 0.05) is 34.7 Å². The van der Waals surface area contributed by atoms with Crippen LogP contribution in [-0.2, 0) is 11.6 Å². The van der Waals surface area contributed by atoms with Gasteiger partial charge in [0.2, 0.25) is 0 Å². The molecule has 0 aliphatic rings. The summed E-state index contributed by atoms with van der Waals surface area (Å²) >= 11 is 11.8. The van der Waals surface area contributed by atoms with E-state index in [9.17, 15) is 9.36 Å². The highest BCUT2D eigenvalue weighted by atomic mass is 35.5. The Morgan fingerprint density at radius 1 is 0.889 bits per heavy atom. The second-order valence-electron chi connectivity index (χ2n) is 5.79. The van der Waals surface area contributed by atoms with Crippen molar-refractivity contribution in [3.8, 4) is 0 Å². The Morgan fingerprint density at radius 2 is 1.37 bits per heavy atom. The predicted octanol–water partition coefficient (Wildman–Crippen LogP) is 5.39. The Labute approximate surface area is 167 Å². The quantitative estimate of drug-likeness (QED) is 0.465. The first-order valence-electron chi connectivity index (χ1n) is 7.96. The fourth-order valence-corrected chi connectivity index (χ4v) is 4.24. The molecule has 1 amide bonds. The Bertz CT molecular complexity index is 936. The monoisotopic (exact) mass is 422 g/mol. The minimum atomic E-state index is -3.61. The van der Waals surface area contributed by atoms with Crippen LogP contribution in [0.5, 0.6) is 0 Å². The second-order valence-corrected chi connectivity index (χ2v) is 8.55. The minimum absolute atomic E-state index is 0.381. The van der Waals surface area contributed by atoms with Gasteiger partial charge in [0.25, 0.3) is 5.91 Å². The molecule has 0 bridgehead atoms. The first-order valence-corrected chi connectivity index (χ1v) is 10.4. The summed E-state index contributed by atoms with van der Waals surface area (Å²) in [5.74, 6) is -0.478. The molecule has 1 heterocycles. The third-order valence-corrected chi connectivity index (χ3v) is 5.87. The molecule has 0 aliphatic heterocycles. The molecule has 0 spiro atoms. The summed E-state index contributed by atoms with van der Waals surface area (Å²) in [7, 11) is -1.87. The normalized spacial score (nSPS) is 11.1. The van der Waals surface area contributed by atoms with E-state index < -0.39 is 13.5 Å². The summed E-state index contributed by atoms with van der Waals surface area (Å²) in [6, 6.07) is 16.7. The van der Waals surface area contributed by atoms with Crippen LogP contribution in [0.2, 0.25) is 10.0 Å². The molecule has 3 rings (SSSR count). The maximum Gasteiger partial charge on any atom is 0.355 e. The molecule has 2 aromatic carbocycles. The molecule has 0 aliphatic carbocycles. The number of nitrogens with zero attached hydrogens (tertiary/aromatic N) is 1. The molecule has 0 atom stereocenters. The first kappa shape index (κ1) is 19.4. The van der Waals surface area contributed by atoms with Crippen molar-refractivity contribution in [2.24, 2.45) is 7.05 Å². The van der Waals surface area contributed by atoms with E-state index >= 15 is 0 Å². The van der Waals surface area contributed by atoms with Crippen LogP contribution in [0.3, 0.4) is 0 Å². The zero-order chi connectivity index (χ0) is 19.4. The highest BCUT2D eigenvalue weighted by Gasteiger charge is 2.26. The SMILES string of the molecule is Cn1cccc1C(=O)NP(=O)(Nc1ccc(Cl)cc1)Nc1ccc(Cl)cc1. The number of aromatic nitrogens is 1. The van der Waals surface area contributed by atoms with E-state index in [-0.39, 0.29) is 0 Å². The van der Waals surface area contributed by atoms with Crippen molar-refractivity contribution in [3.63, 3.8) is 0 Å². The number of halogens is 2. The molecule has 3 N–H and O–H groups in total. The van der Waals surface area contributed by atoms with Crippen LogP contribution in [0.25, 0.3) is 0 Å². The summed E-state index contributed by atoms with van der Waals surface area (Å²) in [6.45, 7) is 0. The van der Waals surface area contributed by atoms with E-state index in [0.29, 0.717) is 27.1 Å². The van der Waals surface area contributed by atoms with E-state index in [1.165, 1.54) is 0 Å². The molecular weight excluding hydrogens is 406 g/mol. The van der Waals surface area contributed by atoms with Crippen molar-refractivity contribution in [2.75, 3.05) is 10.2 Å². The number of hydrogen-bond acceptors (Lipinski definition) is 2. The average Bonchev–Trinajstić information content (AvgIpc) is 3.05. The van der Waals surface area contributed by atoms with Crippen molar-refractivity contribution in [3.05, 3.63) is 82.6 Å². The Kier molecular flexibility index (Phi) is 5.80.